The quantitative estimate of drug-likeness (QED) is 0.122. The van der Waals surface area contributed by atoms with Gasteiger partial charge in [-0.15, -0.1) is 0 Å². The number of hydrogen-bond acceptors (Lipinski definition) is 4. The second-order valence-corrected chi connectivity index (χ2v) is 17.2. The Hall–Kier alpha value is -4.30. The van der Waals surface area contributed by atoms with Crippen LogP contribution in [0.1, 0.15) is 38.8 Å². The molecule has 4 aromatic carbocycles. The molecule has 1 N–H and O–H groups in total. The van der Waals surface area contributed by atoms with Crippen LogP contribution < -0.4 is 15.7 Å². The Morgan fingerprint density at radius 1 is 0.804 bits per heavy atom. The first kappa shape index (κ1) is 33.1. The Kier molecular flexibility index (Phi) is 10.1. The molecule has 0 aliphatic carbocycles. The zero-order chi connectivity index (χ0) is 32.8. The highest BCUT2D eigenvalue weighted by atomic mass is 35.5. The number of aromatic nitrogens is 1. The van der Waals surface area contributed by atoms with Crippen molar-refractivity contribution in [2.24, 2.45) is 0 Å². The molecule has 46 heavy (non-hydrogen) atoms. The highest BCUT2D eigenvalue weighted by Gasteiger charge is 2.51. The third kappa shape index (κ3) is 7.39. The van der Waals surface area contributed by atoms with Crippen LogP contribution in [0.3, 0.4) is 0 Å². The lowest BCUT2D eigenvalue weighted by molar-refractivity contribution is 0.113. The molecule has 1 atom stereocenters. The maximum absolute atomic E-state index is 13.8. The van der Waals surface area contributed by atoms with E-state index in [-0.39, 0.29) is 29.2 Å². The molecular weight excluding hydrogens is 615 g/mol. The minimum Gasteiger partial charge on any atom is -0.445 e. The summed E-state index contributed by atoms with van der Waals surface area (Å²) >= 11 is 6.61. The zero-order valence-electron chi connectivity index (χ0n) is 26.5. The topological polar surface area (TPSA) is 60.5 Å². The molecule has 0 unspecified atom stereocenters. The third-order valence-corrected chi connectivity index (χ3v) is 13.3. The van der Waals surface area contributed by atoms with Gasteiger partial charge in [0.2, 0.25) is 0 Å². The van der Waals surface area contributed by atoms with Gasteiger partial charge in [0, 0.05) is 5.56 Å². The summed E-state index contributed by atoms with van der Waals surface area (Å²) in [5.74, 6) is -0.350. The number of halogens is 2. The molecule has 0 radical (unpaired) electrons. The van der Waals surface area contributed by atoms with Crippen molar-refractivity contribution in [3.63, 3.8) is 0 Å². The molecule has 5 aromatic rings. The van der Waals surface area contributed by atoms with Gasteiger partial charge in [0.05, 0.1) is 17.8 Å². The number of carbonyl (C=O) groups excluding carboxylic acids is 1. The summed E-state index contributed by atoms with van der Waals surface area (Å²) < 4.78 is 26.8. The molecule has 0 saturated heterocycles. The minimum absolute atomic E-state index is 0.101. The SMILES string of the molecule is CC(C)(C)[Si](OC[C@](C)(NC(=O)OCc1ccccc1)c1cc(Cl)nc(-c2ccc(F)cc2)c1)(c1ccccc1)c1ccccc1. The number of nitrogens with one attached hydrogen (secondary N) is 1. The number of amides is 1. The Morgan fingerprint density at radius 3 is 1.89 bits per heavy atom. The summed E-state index contributed by atoms with van der Waals surface area (Å²) in [4.78, 5) is 18.0. The van der Waals surface area contributed by atoms with Crippen LogP contribution in [0.5, 0.6) is 0 Å². The maximum atomic E-state index is 13.8. The van der Waals surface area contributed by atoms with Gasteiger partial charge in [-0.25, -0.2) is 14.2 Å². The number of pyridine rings is 1. The van der Waals surface area contributed by atoms with E-state index < -0.39 is 19.9 Å². The number of rotatable bonds is 10. The lowest BCUT2D eigenvalue weighted by atomic mass is 9.92. The van der Waals surface area contributed by atoms with E-state index in [1.807, 2.05) is 79.7 Å². The fourth-order valence-electron chi connectivity index (χ4n) is 5.77. The van der Waals surface area contributed by atoms with Gasteiger partial charge >= 0.3 is 6.09 Å². The van der Waals surface area contributed by atoms with E-state index in [1.165, 1.54) is 12.1 Å². The van der Waals surface area contributed by atoms with E-state index in [1.54, 1.807) is 18.2 Å². The average Bonchev–Trinajstić information content (AvgIpc) is 3.05. The first-order valence-corrected chi connectivity index (χ1v) is 17.5. The molecule has 0 saturated carbocycles. The van der Waals surface area contributed by atoms with Gasteiger partial charge < -0.3 is 14.5 Å². The Bertz CT molecular complexity index is 1710. The van der Waals surface area contributed by atoms with Crippen LogP contribution in [0.2, 0.25) is 10.2 Å². The van der Waals surface area contributed by atoms with Crippen LogP contribution in [-0.2, 0) is 21.3 Å². The van der Waals surface area contributed by atoms with Crippen molar-refractivity contribution in [2.75, 3.05) is 6.61 Å². The van der Waals surface area contributed by atoms with Gasteiger partial charge in [0.25, 0.3) is 8.32 Å². The van der Waals surface area contributed by atoms with E-state index in [0.717, 1.165) is 15.9 Å². The van der Waals surface area contributed by atoms with Crippen LogP contribution in [0, 0.1) is 5.82 Å². The van der Waals surface area contributed by atoms with Gasteiger partial charge in [-0.2, -0.15) is 0 Å². The molecule has 0 fully saturated rings. The van der Waals surface area contributed by atoms with E-state index in [2.05, 4.69) is 55.3 Å². The molecule has 1 amide bonds. The zero-order valence-corrected chi connectivity index (χ0v) is 28.2. The minimum atomic E-state index is -2.99. The monoisotopic (exact) mass is 652 g/mol. The molecule has 0 spiro atoms. The number of ether oxygens (including phenoxy) is 1. The summed E-state index contributed by atoms with van der Waals surface area (Å²) in [6.07, 6.45) is -0.603. The van der Waals surface area contributed by atoms with Crippen molar-refractivity contribution in [2.45, 2.75) is 44.9 Å². The second-order valence-electron chi connectivity index (χ2n) is 12.5. The predicted molar refractivity (Wildman–Crippen MR) is 185 cm³/mol. The van der Waals surface area contributed by atoms with Gasteiger partial charge in [-0.1, -0.05) is 123 Å². The molecule has 8 heteroatoms. The summed E-state index contributed by atoms with van der Waals surface area (Å²) in [6, 6.07) is 39.8. The second kappa shape index (κ2) is 14.0. The van der Waals surface area contributed by atoms with E-state index in [9.17, 15) is 9.18 Å². The van der Waals surface area contributed by atoms with Crippen molar-refractivity contribution in [3.8, 4) is 11.3 Å². The first-order chi connectivity index (χ1) is 22.0. The molecule has 0 aliphatic rings. The number of nitrogens with zero attached hydrogens (tertiary/aromatic N) is 1. The van der Waals surface area contributed by atoms with Crippen LogP contribution in [0.15, 0.2) is 127 Å². The number of benzene rings is 4. The molecule has 5 rings (SSSR count). The van der Waals surface area contributed by atoms with Crippen molar-refractivity contribution in [1.29, 1.82) is 0 Å². The number of hydrogen-bond donors (Lipinski definition) is 1. The smallest absolute Gasteiger partial charge is 0.408 e. The van der Waals surface area contributed by atoms with Crippen molar-refractivity contribution >= 4 is 36.4 Å². The summed E-state index contributed by atoms with van der Waals surface area (Å²) in [5, 5.41) is 5.28. The average molecular weight is 653 g/mol. The Morgan fingerprint density at radius 2 is 1.35 bits per heavy atom. The molecule has 5 nitrogen and oxygen atoms in total. The molecule has 0 bridgehead atoms. The normalized spacial score (nSPS) is 13.1. The van der Waals surface area contributed by atoms with Crippen LogP contribution in [0.25, 0.3) is 11.3 Å². The van der Waals surface area contributed by atoms with Gasteiger partial charge in [0.1, 0.15) is 17.6 Å². The molecule has 1 aromatic heterocycles. The highest BCUT2D eigenvalue weighted by molar-refractivity contribution is 6.99. The molecule has 0 aliphatic heterocycles. The lowest BCUT2D eigenvalue weighted by Crippen LogP contribution is -2.68. The van der Waals surface area contributed by atoms with Crippen molar-refractivity contribution in [3.05, 3.63) is 149 Å². The van der Waals surface area contributed by atoms with Crippen LogP contribution >= 0.6 is 11.6 Å². The highest BCUT2D eigenvalue weighted by Crippen LogP contribution is 2.38. The van der Waals surface area contributed by atoms with Crippen molar-refractivity contribution < 1.29 is 18.3 Å². The van der Waals surface area contributed by atoms with E-state index in [4.69, 9.17) is 20.8 Å². The maximum Gasteiger partial charge on any atom is 0.408 e. The molecule has 236 valence electrons. The van der Waals surface area contributed by atoms with Crippen molar-refractivity contribution in [1.82, 2.24) is 10.3 Å². The number of carbonyl (C=O) groups is 1. The predicted octanol–water partition coefficient (Wildman–Crippen LogP) is 8.26. The third-order valence-electron chi connectivity index (χ3n) is 8.16. The van der Waals surface area contributed by atoms with Gasteiger partial charge in [-0.05, 0) is 69.9 Å². The van der Waals surface area contributed by atoms with Crippen LogP contribution in [-0.4, -0.2) is 26.0 Å². The summed E-state index contributed by atoms with van der Waals surface area (Å²) in [6.45, 7) is 8.71. The standard InChI is InChI=1S/C38H38ClFN2O3Si/c1-37(2,3)46(32-16-10-6-11-17-32,33-18-12-7-13-19-33)45-27-38(4,42-36(43)44-26-28-14-8-5-9-15-28)30-24-34(41-35(39)25-30)29-20-22-31(40)23-21-29/h5-25H,26-27H2,1-4H3,(H,42,43)/t38-/m0/s1. The largest absolute Gasteiger partial charge is 0.445 e. The van der Waals surface area contributed by atoms with Gasteiger partial charge in [-0.3, -0.25) is 0 Å². The van der Waals surface area contributed by atoms with Gasteiger partial charge in [0.15, 0.2) is 0 Å². The fourth-order valence-corrected chi connectivity index (χ4v) is 10.6. The fraction of sp³-hybridized carbons (Fsp3) is 0.211. The summed E-state index contributed by atoms with van der Waals surface area (Å²) in [7, 11) is -2.99. The Balaban J connectivity index is 1.58. The Labute approximate surface area is 276 Å². The lowest BCUT2D eigenvalue weighted by Gasteiger charge is -2.45. The van der Waals surface area contributed by atoms with E-state index in [0.29, 0.717) is 16.8 Å². The summed E-state index contributed by atoms with van der Waals surface area (Å²) in [5.41, 5.74) is 1.66. The van der Waals surface area contributed by atoms with E-state index >= 15 is 0 Å². The first-order valence-electron chi connectivity index (χ1n) is 15.2. The molecule has 1 heterocycles. The number of alkyl carbamates (subject to hydrolysis) is 1. The van der Waals surface area contributed by atoms with Crippen LogP contribution in [0.4, 0.5) is 9.18 Å². The molecular formula is C38H38ClFN2O3Si.